The average molecular weight is 320 g/mol. The molecule has 6 nitrogen and oxygen atoms in total. The molecule has 128 valence electrons. The highest BCUT2D eigenvalue weighted by Crippen LogP contribution is 2.24. The van der Waals surface area contributed by atoms with E-state index in [-0.39, 0.29) is 12.0 Å². The van der Waals surface area contributed by atoms with Crippen molar-refractivity contribution in [3.63, 3.8) is 0 Å². The van der Waals surface area contributed by atoms with Gasteiger partial charge in [-0.25, -0.2) is 0 Å². The third kappa shape index (κ3) is 3.94. The number of hydrogen-bond acceptors (Lipinski definition) is 4. The summed E-state index contributed by atoms with van der Waals surface area (Å²) < 4.78 is 6.02. The summed E-state index contributed by atoms with van der Waals surface area (Å²) in [7, 11) is 4.23. The molecule has 0 aliphatic carbocycles. The van der Waals surface area contributed by atoms with Gasteiger partial charge >= 0.3 is 0 Å². The zero-order valence-corrected chi connectivity index (χ0v) is 14.2. The number of likely N-dealkylation sites (N-methyl/N-ethyl adjacent to an activating group) is 1. The van der Waals surface area contributed by atoms with E-state index in [0.29, 0.717) is 6.04 Å². The maximum atomic E-state index is 12.6. The highest BCUT2D eigenvalue weighted by Gasteiger charge is 2.35. The number of nitrogens with zero attached hydrogens (tertiary/aromatic N) is 3. The van der Waals surface area contributed by atoms with Gasteiger partial charge in [0.05, 0.1) is 18.3 Å². The van der Waals surface area contributed by atoms with E-state index in [1.807, 2.05) is 11.0 Å². The normalized spacial score (nSPS) is 26.1. The molecule has 23 heavy (non-hydrogen) atoms. The number of aromatic nitrogens is 1. The van der Waals surface area contributed by atoms with Crippen LogP contribution in [0.1, 0.15) is 23.2 Å². The van der Waals surface area contributed by atoms with Crippen molar-refractivity contribution in [1.82, 2.24) is 19.7 Å². The van der Waals surface area contributed by atoms with Gasteiger partial charge in [-0.3, -0.25) is 9.69 Å². The van der Waals surface area contributed by atoms with Crippen LogP contribution < -0.4 is 0 Å². The van der Waals surface area contributed by atoms with E-state index < -0.39 is 0 Å². The van der Waals surface area contributed by atoms with Crippen LogP contribution in [0.4, 0.5) is 0 Å². The lowest BCUT2D eigenvalue weighted by Gasteiger charge is -2.40. The second kappa shape index (κ2) is 7.47. The molecule has 3 heterocycles. The Bertz CT molecular complexity index is 503. The van der Waals surface area contributed by atoms with Crippen molar-refractivity contribution in [2.24, 2.45) is 0 Å². The second-order valence-corrected chi connectivity index (χ2v) is 6.79. The standard InChI is InChI=1S/C17H28N4O2/c1-19(2)9-10-20-11-12-23-16-5-8-21(7-4-15(16)20)17(22)14-3-6-18-13-14/h3,6,13,15-16,18H,4-5,7-12H2,1-2H3. The van der Waals surface area contributed by atoms with Crippen molar-refractivity contribution in [3.8, 4) is 0 Å². The predicted octanol–water partition coefficient (Wildman–Crippen LogP) is 0.882. The zero-order chi connectivity index (χ0) is 16.2. The molecule has 0 spiro atoms. The Labute approximate surface area is 138 Å². The molecule has 2 fully saturated rings. The number of likely N-dealkylation sites (tertiary alicyclic amines) is 1. The van der Waals surface area contributed by atoms with E-state index in [9.17, 15) is 4.79 Å². The first-order valence-electron chi connectivity index (χ1n) is 8.57. The van der Waals surface area contributed by atoms with Gasteiger partial charge in [0, 0.05) is 51.2 Å². The molecule has 0 saturated carbocycles. The highest BCUT2D eigenvalue weighted by molar-refractivity contribution is 5.94. The van der Waals surface area contributed by atoms with Gasteiger partial charge < -0.3 is 19.5 Å². The summed E-state index contributed by atoms with van der Waals surface area (Å²) in [5, 5.41) is 0. The Balaban J connectivity index is 1.63. The first-order valence-corrected chi connectivity index (χ1v) is 8.57. The smallest absolute Gasteiger partial charge is 0.255 e. The second-order valence-electron chi connectivity index (χ2n) is 6.79. The molecule has 2 atom stereocenters. The minimum Gasteiger partial charge on any atom is -0.375 e. The van der Waals surface area contributed by atoms with E-state index in [1.54, 1.807) is 12.4 Å². The van der Waals surface area contributed by atoms with Crippen LogP contribution >= 0.6 is 0 Å². The molecule has 0 aromatic carbocycles. The fourth-order valence-corrected chi connectivity index (χ4v) is 3.61. The SMILES string of the molecule is CN(C)CCN1CCOC2CCN(C(=O)c3cc[nH]c3)CCC21. The van der Waals surface area contributed by atoms with Gasteiger partial charge in [-0.05, 0) is 33.0 Å². The number of ether oxygens (including phenoxy) is 1. The van der Waals surface area contributed by atoms with E-state index in [1.165, 1.54) is 0 Å². The number of rotatable bonds is 4. The summed E-state index contributed by atoms with van der Waals surface area (Å²) >= 11 is 0. The van der Waals surface area contributed by atoms with E-state index in [2.05, 4.69) is 28.9 Å². The topological polar surface area (TPSA) is 51.8 Å². The fourth-order valence-electron chi connectivity index (χ4n) is 3.61. The Morgan fingerprint density at radius 2 is 2.17 bits per heavy atom. The van der Waals surface area contributed by atoms with E-state index >= 15 is 0 Å². The molecular formula is C17H28N4O2. The fraction of sp³-hybridized carbons (Fsp3) is 0.706. The van der Waals surface area contributed by atoms with Crippen LogP contribution in [0.15, 0.2) is 18.5 Å². The zero-order valence-electron chi connectivity index (χ0n) is 14.2. The van der Waals surface area contributed by atoms with Crippen LogP contribution in [-0.4, -0.2) is 91.2 Å². The number of H-pyrrole nitrogens is 1. The molecule has 1 aromatic rings. The molecule has 0 radical (unpaired) electrons. The third-order valence-corrected chi connectivity index (χ3v) is 4.95. The van der Waals surface area contributed by atoms with Gasteiger partial charge in [0.25, 0.3) is 5.91 Å². The van der Waals surface area contributed by atoms with Crippen LogP contribution in [0.5, 0.6) is 0 Å². The van der Waals surface area contributed by atoms with Crippen LogP contribution in [0, 0.1) is 0 Å². The number of morpholine rings is 1. The Hall–Kier alpha value is -1.37. The average Bonchev–Trinajstić information content (AvgIpc) is 2.99. The van der Waals surface area contributed by atoms with Gasteiger partial charge in [0.2, 0.25) is 0 Å². The van der Waals surface area contributed by atoms with Crippen molar-refractivity contribution >= 4 is 5.91 Å². The summed E-state index contributed by atoms with van der Waals surface area (Å²) in [5.74, 6) is 0.129. The third-order valence-electron chi connectivity index (χ3n) is 4.95. The van der Waals surface area contributed by atoms with Gasteiger partial charge in [0.1, 0.15) is 0 Å². The summed E-state index contributed by atoms with van der Waals surface area (Å²) in [6.45, 7) is 5.54. The molecular weight excluding hydrogens is 292 g/mol. The molecule has 2 unspecified atom stereocenters. The minimum atomic E-state index is 0.129. The van der Waals surface area contributed by atoms with Gasteiger partial charge in [-0.1, -0.05) is 0 Å². The number of aromatic amines is 1. The molecule has 2 aliphatic heterocycles. The van der Waals surface area contributed by atoms with E-state index in [4.69, 9.17) is 4.74 Å². The van der Waals surface area contributed by atoms with Crippen molar-refractivity contribution in [3.05, 3.63) is 24.0 Å². The number of carbonyl (C=O) groups is 1. The highest BCUT2D eigenvalue weighted by atomic mass is 16.5. The first-order chi connectivity index (χ1) is 11.1. The van der Waals surface area contributed by atoms with Gasteiger partial charge in [-0.2, -0.15) is 0 Å². The molecule has 0 bridgehead atoms. The van der Waals surface area contributed by atoms with Crippen LogP contribution in [0.3, 0.4) is 0 Å². The molecule has 1 aromatic heterocycles. The van der Waals surface area contributed by atoms with Gasteiger partial charge in [0.15, 0.2) is 0 Å². The van der Waals surface area contributed by atoms with Crippen molar-refractivity contribution < 1.29 is 9.53 Å². The lowest BCUT2D eigenvalue weighted by molar-refractivity contribution is -0.0724. The summed E-state index contributed by atoms with van der Waals surface area (Å²) in [5.41, 5.74) is 0.750. The van der Waals surface area contributed by atoms with Crippen LogP contribution in [0.25, 0.3) is 0 Å². The van der Waals surface area contributed by atoms with Crippen LogP contribution in [0.2, 0.25) is 0 Å². The monoisotopic (exact) mass is 320 g/mol. The number of nitrogens with one attached hydrogen (secondary N) is 1. The molecule has 1 amide bonds. The largest absolute Gasteiger partial charge is 0.375 e. The molecule has 3 rings (SSSR count). The lowest BCUT2D eigenvalue weighted by Crippen LogP contribution is -2.52. The predicted molar refractivity (Wildman–Crippen MR) is 89.6 cm³/mol. The summed E-state index contributed by atoms with van der Waals surface area (Å²) in [6, 6.07) is 2.29. The first kappa shape index (κ1) is 16.5. The Morgan fingerprint density at radius 1 is 1.35 bits per heavy atom. The summed E-state index contributed by atoms with van der Waals surface area (Å²) in [6.07, 6.45) is 5.76. The number of hydrogen-bond donors (Lipinski definition) is 1. The molecule has 2 aliphatic rings. The van der Waals surface area contributed by atoms with Crippen molar-refractivity contribution in [1.29, 1.82) is 0 Å². The number of carbonyl (C=O) groups excluding carboxylic acids is 1. The van der Waals surface area contributed by atoms with Crippen molar-refractivity contribution in [2.45, 2.75) is 25.0 Å². The lowest BCUT2D eigenvalue weighted by atomic mass is 10.0. The van der Waals surface area contributed by atoms with Crippen LogP contribution in [-0.2, 0) is 4.74 Å². The maximum Gasteiger partial charge on any atom is 0.255 e. The van der Waals surface area contributed by atoms with Gasteiger partial charge in [-0.15, -0.1) is 0 Å². The Morgan fingerprint density at radius 3 is 2.91 bits per heavy atom. The Kier molecular flexibility index (Phi) is 5.35. The maximum absolute atomic E-state index is 12.6. The number of fused-ring (bicyclic) bond motifs is 1. The van der Waals surface area contributed by atoms with E-state index in [0.717, 1.165) is 57.7 Å². The number of amides is 1. The molecule has 1 N–H and O–H groups in total. The summed E-state index contributed by atoms with van der Waals surface area (Å²) in [4.78, 5) is 22.3. The quantitative estimate of drug-likeness (QED) is 0.895. The van der Waals surface area contributed by atoms with Crippen molar-refractivity contribution in [2.75, 3.05) is 53.4 Å². The molecule has 6 heteroatoms. The minimum absolute atomic E-state index is 0.129. The molecule has 2 saturated heterocycles.